The van der Waals surface area contributed by atoms with E-state index in [1.165, 1.54) is 25.7 Å². The maximum absolute atomic E-state index is 11.6. The molecule has 1 saturated carbocycles. The van der Waals surface area contributed by atoms with E-state index < -0.39 is 11.5 Å². The van der Waals surface area contributed by atoms with Crippen LogP contribution in [-0.2, 0) is 4.79 Å². The Hall–Kier alpha value is -0.610. The highest BCUT2D eigenvalue weighted by Crippen LogP contribution is 2.25. The van der Waals surface area contributed by atoms with Gasteiger partial charge < -0.3 is 10.0 Å². The van der Waals surface area contributed by atoms with Crippen molar-refractivity contribution in [3.8, 4) is 0 Å². The van der Waals surface area contributed by atoms with Crippen LogP contribution in [0, 0.1) is 5.92 Å². The number of rotatable bonds is 9. The van der Waals surface area contributed by atoms with Gasteiger partial charge in [-0.3, -0.25) is 10.1 Å². The summed E-state index contributed by atoms with van der Waals surface area (Å²) in [7, 11) is 0. The number of hydrogen-bond acceptors (Lipinski definition) is 3. The Bertz CT molecular complexity index is 325. The summed E-state index contributed by atoms with van der Waals surface area (Å²) in [6.07, 6.45) is 5.84. The van der Waals surface area contributed by atoms with Gasteiger partial charge in [-0.1, -0.05) is 26.7 Å². The number of carbonyl (C=O) groups is 1. The molecule has 0 spiro atoms. The molecule has 124 valence electrons. The topological polar surface area (TPSA) is 52.6 Å². The molecule has 0 bridgehead atoms. The molecule has 0 saturated heterocycles. The third-order valence-corrected chi connectivity index (χ3v) is 4.42. The molecule has 1 aliphatic rings. The average molecular weight is 298 g/mol. The van der Waals surface area contributed by atoms with E-state index in [4.69, 9.17) is 0 Å². The molecular weight excluding hydrogens is 264 g/mol. The second kappa shape index (κ2) is 8.14. The molecule has 2 N–H and O–H groups in total. The Kier molecular flexibility index (Phi) is 7.14. The molecule has 4 heteroatoms. The summed E-state index contributed by atoms with van der Waals surface area (Å²) >= 11 is 0. The van der Waals surface area contributed by atoms with E-state index in [-0.39, 0.29) is 6.04 Å². The van der Waals surface area contributed by atoms with Crippen molar-refractivity contribution < 1.29 is 9.90 Å². The third-order valence-electron chi connectivity index (χ3n) is 4.42. The van der Waals surface area contributed by atoms with Crippen LogP contribution in [0.5, 0.6) is 0 Å². The molecule has 1 rings (SSSR count). The largest absolute Gasteiger partial charge is 0.480 e. The maximum Gasteiger partial charge on any atom is 0.323 e. The predicted molar refractivity (Wildman–Crippen MR) is 87.6 cm³/mol. The fourth-order valence-electron chi connectivity index (χ4n) is 3.41. The summed E-state index contributed by atoms with van der Waals surface area (Å²) in [6.45, 7) is 12.2. The van der Waals surface area contributed by atoms with Crippen molar-refractivity contribution in [2.75, 3.05) is 13.1 Å². The van der Waals surface area contributed by atoms with Crippen molar-refractivity contribution in [1.82, 2.24) is 10.2 Å². The summed E-state index contributed by atoms with van der Waals surface area (Å²) < 4.78 is 0. The van der Waals surface area contributed by atoms with Gasteiger partial charge in [0.05, 0.1) is 0 Å². The quantitative estimate of drug-likeness (QED) is 0.687. The zero-order valence-electron chi connectivity index (χ0n) is 14.5. The van der Waals surface area contributed by atoms with E-state index in [1.807, 2.05) is 20.8 Å². The number of nitrogens with one attached hydrogen (secondary N) is 1. The van der Waals surface area contributed by atoms with E-state index >= 15 is 0 Å². The highest BCUT2D eigenvalue weighted by atomic mass is 16.4. The van der Waals surface area contributed by atoms with Crippen LogP contribution in [0.25, 0.3) is 0 Å². The molecule has 0 aromatic rings. The molecule has 0 aliphatic heterocycles. The second-order valence-corrected chi connectivity index (χ2v) is 7.51. The van der Waals surface area contributed by atoms with Gasteiger partial charge in [0.2, 0.25) is 0 Å². The molecule has 1 unspecified atom stereocenters. The first kappa shape index (κ1) is 18.4. The van der Waals surface area contributed by atoms with Crippen LogP contribution in [0.3, 0.4) is 0 Å². The monoisotopic (exact) mass is 298 g/mol. The lowest BCUT2D eigenvalue weighted by Gasteiger charge is -2.35. The van der Waals surface area contributed by atoms with Crippen LogP contribution in [0.4, 0.5) is 0 Å². The summed E-state index contributed by atoms with van der Waals surface area (Å²) in [6, 6.07) is 0.834. The molecule has 0 amide bonds. The Morgan fingerprint density at radius 3 is 2.29 bits per heavy atom. The van der Waals surface area contributed by atoms with Gasteiger partial charge in [-0.25, -0.2) is 0 Å². The number of carboxylic acid groups (broad SMARTS) is 1. The fourth-order valence-corrected chi connectivity index (χ4v) is 3.41. The van der Waals surface area contributed by atoms with Crippen LogP contribution >= 0.6 is 0 Å². The van der Waals surface area contributed by atoms with Gasteiger partial charge in [0, 0.05) is 25.2 Å². The minimum atomic E-state index is -0.831. The molecule has 4 nitrogen and oxygen atoms in total. The SMILES string of the molecule is CC(C)CN(CCC(C)(NC(C)C)C(=O)O)C1CCCC1. The maximum atomic E-state index is 11.6. The fraction of sp³-hybridized carbons (Fsp3) is 0.941. The number of hydrogen-bond donors (Lipinski definition) is 2. The van der Waals surface area contributed by atoms with Crippen molar-refractivity contribution in [2.45, 2.75) is 84.3 Å². The first-order valence-corrected chi connectivity index (χ1v) is 8.49. The van der Waals surface area contributed by atoms with Crippen molar-refractivity contribution >= 4 is 5.97 Å². The molecule has 1 fully saturated rings. The van der Waals surface area contributed by atoms with Crippen molar-refractivity contribution in [3.63, 3.8) is 0 Å². The van der Waals surface area contributed by atoms with Gasteiger partial charge in [-0.2, -0.15) is 0 Å². The molecule has 0 aromatic carbocycles. The minimum absolute atomic E-state index is 0.177. The van der Waals surface area contributed by atoms with Gasteiger partial charge in [0.15, 0.2) is 0 Å². The lowest BCUT2D eigenvalue weighted by atomic mass is 9.95. The van der Waals surface area contributed by atoms with Crippen LogP contribution < -0.4 is 5.32 Å². The molecule has 0 radical (unpaired) electrons. The first-order valence-electron chi connectivity index (χ1n) is 8.49. The van der Waals surface area contributed by atoms with E-state index in [1.54, 1.807) is 0 Å². The minimum Gasteiger partial charge on any atom is -0.480 e. The zero-order chi connectivity index (χ0) is 16.0. The van der Waals surface area contributed by atoms with Crippen LogP contribution in [0.15, 0.2) is 0 Å². The van der Waals surface area contributed by atoms with Gasteiger partial charge in [-0.05, 0) is 46.0 Å². The van der Waals surface area contributed by atoms with E-state index in [0.717, 1.165) is 13.1 Å². The number of nitrogens with zero attached hydrogens (tertiary/aromatic N) is 1. The lowest BCUT2D eigenvalue weighted by molar-refractivity contribution is -0.145. The Balaban J connectivity index is 2.66. The standard InChI is InChI=1S/C17H34N2O2/c1-13(2)12-19(15-8-6-7-9-15)11-10-17(5,16(20)21)18-14(3)4/h13-15,18H,6-12H2,1-5H3,(H,20,21). The Labute approximate surface area is 130 Å². The van der Waals surface area contributed by atoms with Gasteiger partial charge in [0.1, 0.15) is 5.54 Å². The normalized spacial score (nSPS) is 19.6. The number of carboxylic acids is 1. The highest BCUT2D eigenvalue weighted by molar-refractivity contribution is 5.78. The Morgan fingerprint density at radius 1 is 1.29 bits per heavy atom. The first-order chi connectivity index (χ1) is 9.74. The van der Waals surface area contributed by atoms with E-state index in [0.29, 0.717) is 18.4 Å². The van der Waals surface area contributed by atoms with Crippen molar-refractivity contribution in [3.05, 3.63) is 0 Å². The summed E-state index contributed by atoms with van der Waals surface area (Å²) in [5, 5.41) is 12.8. The smallest absolute Gasteiger partial charge is 0.323 e. The molecule has 21 heavy (non-hydrogen) atoms. The number of aliphatic carboxylic acids is 1. The third kappa shape index (κ3) is 5.95. The van der Waals surface area contributed by atoms with Gasteiger partial charge in [-0.15, -0.1) is 0 Å². The summed E-state index contributed by atoms with van der Waals surface area (Å²) in [5.74, 6) is -0.119. The summed E-state index contributed by atoms with van der Waals surface area (Å²) in [5.41, 5.74) is -0.831. The Morgan fingerprint density at radius 2 is 1.86 bits per heavy atom. The molecule has 1 atom stereocenters. The van der Waals surface area contributed by atoms with Crippen LogP contribution in [0.2, 0.25) is 0 Å². The van der Waals surface area contributed by atoms with Crippen molar-refractivity contribution in [2.24, 2.45) is 5.92 Å². The lowest BCUT2D eigenvalue weighted by Crippen LogP contribution is -2.54. The molecule has 0 aromatic heterocycles. The van der Waals surface area contributed by atoms with Crippen LogP contribution in [0.1, 0.15) is 66.7 Å². The summed E-state index contributed by atoms with van der Waals surface area (Å²) in [4.78, 5) is 14.2. The van der Waals surface area contributed by atoms with Crippen molar-refractivity contribution in [1.29, 1.82) is 0 Å². The van der Waals surface area contributed by atoms with Gasteiger partial charge in [0.25, 0.3) is 0 Å². The molecule has 0 heterocycles. The molecular formula is C17H34N2O2. The molecule has 1 aliphatic carbocycles. The zero-order valence-corrected chi connectivity index (χ0v) is 14.5. The van der Waals surface area contributed by atoms with E-state index in [2.05, 4.69) is 24.1 Å². The second-order valence-electron chi connectivity index (χ2n) is 7.51. The average Bonchev–Trinajstić information content (AvgIpc) is 2.86. The van der Waals surface area contributed by atoms with E-state index in [9.17, 15) is 9.90 Å². The highest BCUT2D eigenvalue weighted by Gasteiger charge is 2.34. The predicted octanol–water partition coefficient (Wildman–Crippen LogP) is 3.12. The van der Waals surface area contributed by atoms with Gasteiger partial charge >= 0.3 is 5.97 Å². The van der Waals surface area contributed by atoms with Crippen LogP contribution in [-0.4, -0.2) is 46.7 Å².